The number of aromatic amines is 1. The van der Waals surface area contributed by atoms with E-state index < -0.39 is 14.6 Å². The van der Waals surface area contributed by atoms with Crippen LogP contribution in [0, 0.1) is 0 Å². The van der Waals surface area contributed by atoms with Gasteiger partial charge >= 0.3 is 0 Å². The summed E-state index contributed by atoms with van der Waals surface area (Å²) < 4.78 is 22.3. The van der Waals surface area contributed by atoms with Crippen LogP contribution in [0.3, 0.4) is 0 Å². The fourth-order valence-corrected chi connectivity index (χ4v) is 1.63. The van der Waals surface area contributed by atoms with Crippen molar-refractivity contribution in [2.24, 2.45) is 0 Å². The first-order valence-corrected chi connectivity index (χ1v) is 7.50. The summed E-state index contributed by atoms with van der Waals surface area (Å²) in [6, 6.07) is 0. The van der Waals surface area contributed by atoms with E-state index in [1.165, 1.54) is 12.6 Å². The highest BCUT2D eigenvalue weighted by atomic mass is 79.9. The molecule has 0 radical (unpaired) electrons. The lowest BCUT2D eigenvalue weighted by Gasteiger charge is -2.23. The van der Waals surface area contributed by atoms with E-state index in [9.17, 15) is 13.2 Å². The Morgan fingerprint density at radius 3 is 2.65 bits per heavy atom. The van der Waals surface area contributed by atoms with Crippen molar-refractivity contribution < 1.29 is 8.42 Å². The fraction of sp³-hybridized carbons (Fsp3) is 0.556. The van der Waals surface area contributed by atoms with Gasteiger partial charge in [0.1, 0.15) is 10.3 Å². The van der Waals surface area contributed by atoms with E-state index in [0.717, 1.165) is 0 Å². The van der Waals surface area contributed by atoms with Crippen LogP contribution in [0.1, 0.15) is 13.8 Å². The molecule has 0 saturated heterocycles. The third kappa shape index (κ3) is 3.29. The average molecular weight is 324 g/mol. The molecular formula is C9H14BrN3O3S. The Balaban J connectivity index is 2.89. The topological polar surface area (TPSA) is 91.9 Å². The van der Waals surface area contributed by atoms with Gasteiger partial charge in [-0.2, -0.15) is 0 Å². The number of hydrogen-bond acceptors (Lipinski definition) is 5. The molecule has 6 nitrogen and oxygen atoms in total. The van der Waals surface area contributed by atoms with Crippen LogP contribution in [0.5, 0.6) is 0 Å². The van der Waals surface area contributed by atoms with E-state index in [0.29, 0.717) is 5.82 Å². The number of anilines is 1. The Morgan fingerprint density at radius 1 is 1.53 bits per heavy atom. The van der Waals surface area contributed by atoms with Gasteiger partial charge in [-0.25, -0.2) is 13.4 Å². The van der Waals surface area contributed by atoms with E-state index in [1.807, 2.05) is 0 Å². The third-order valence-corrected chi connectivity index (χ3v) is 5.37. The number of H-pyrrole nitrogens is 1. The summed E-state index contributed by atoms with van der Waals surface area (Å²) >= 11 is 3.08. The van der Waals surface area contributed by atoms with Crippen molar-refractivity contribution in [2.75, 3.05) is 18.1 Å². The van der Waals surface area contributed by atoms with Gasteiger partial charge in [-0.1, -0.05) is 0 Å². The highest BCUT2D eigenvalue weighted by molar-refractivity contribution is 9.10. The number of nitrogens with zero attached hydrogens (tertiary/aromatic N) is 1. The Hall–Kier alpha value is -0.890. The van der Waals surface area contributed by atoms with Gasteiger partial charge in [-0.05, 0) is 29.8 Å². The van der Waals surface area contributed by atoms with E-state index in [1.54, 1.807) is 13.8 Å². The molecule has 0 aliphatic heterocycles. The zero-order valence-electron chi connectivity index (χ0n) is 9.74. The van der Waals surface area contributed by atoms with Gasteiger partial charge in [0.25, 0.3) is 5.56 Å². The summed E-state index contributed by atoms with van der Waals surface area (Å²) in [5, 5.41) is 2.84. The predicted molar refractivity (Wildman–Crippen MR) is 70.0 cm³/mol. The van der Waals surface area contributed by atoms with Crippen molar-refractivity contribution in [3.05, 3.63) is 21.2 Å². The molecule has 96 valence electrons. The first-order valence-electron chi connectivity index (χ1n) is 4.82. The first kappa shape index (κ1) is 14.2. The van der Waals surface area contributed by atoms with Gasteiger partial charge < -0.3 is 10.3 Å². The third-order valence-electron chi connectivity index (χ3n) is 2.48. The molecule has 8 heteroatoms. The summed E-state index contributed by atoms with van der Waals surface area (Å²) in [6.07, 6.45) is 2.43. The molecule has 17 heavy (non-hydrogen) atoms. The molecule has 0 atom stereocenters. The SMILES string of the molecule is CC(C)(CNc1nc[nH]c(=O)c1Br)S(C)(=O)=O. The van der Waals surface area contributed by atoms with Gasteiger partial charge in [-0.15, -0.1) is 0 Å². The summed E-state index contributed by atoms with van der Waals surface area (Å²) in [7, 11) is -3.19. The first-order chi connectivity index (χ1) is 7.65. The van der Waals surface area contributed by atoms with Crippen molar-refractivity contribution in [2.45, 2.75) is 18.6 Å². The molecule has 2 N–H and O–H groups in total. The molecule has 0 aliphatic carbocycles. The Morgan fingerprint density at radius 2 is 2.12 bits per heavy atom. The van der Waals surface area contributed by atoms with E-state index >= 15 is 0 Å². The van der Waals surface area contributed by atoms with Crippen LogP contribution in [0.15, 0.2) is 15.6 Å². The number of rotatable bonds is 4. The van der Waals surface area contributed by atoms with E-state index in [2.05, 4.69) is 31.2 Å². The Bertz CT molecular complexity index is 565. The summed E-state index contributed by atoms with van der Waals surface area (Å²) in [4.78, 5) is 17.6. The monoisotopic (exact) mass is 323 g/mol. The average Bonchev–Trinajstić information content (AvgIpc) is 2.18. The standard InChI is InChI=1S/C9H14BrN3O3S/c1-9(2,17(3,15)16)4-11-7-6(10)8(14)13-5-12-7/h5H,4H2,1-3H3,(H2,11,12,13,14). The van der Waals surface area contributed by atoms with Gasteiger partial charge in [0.05, 0.1) is 11.1 Å². The lowest BCUT2D eigenvalue weighted by atomic mass is 10.2. The van der Waals surface area contributed by atoms with Gasteiger partial charge in [0, 0.05) is 12.8 Å². The van der Waals surface area contributed by atoms with Crippen LogP contribution in [0.2, 0.25) is 0 Å². The van der Waals surface area contributed by atoms with Crippen molar-refractivity contribution in [1.82, 2.24) is 9.97 Å². The Labute approximate surface area is 108 Å². The van der Waals surface area contributed by atoms with Crippen molar-refractivity contribution >= 4 is 31.6 Å². The van der Waals surface area contributed by atoms with Crippen LogP contribution in [-0.4, -0.2) is 35.9 Å². The van der Waals surface area contributed by atoms with Crippen LogP contribution >= 0.6 is 15.9 Å². The molecule has 0 unspecified atom stereocenters. The number of halogens is 1. The van der Waals surface area contributed by atoms with E-state index in [4.69, 9.17) is 0 Å². The maximum absolute atomic E-state index is 11.5. The number of aromatic nitrogens is 2. The molecule has 0 aliphatic rings. The molecule has 0 saturated carbocycles. The minimum absolute atomic E-state index is 0.168. The molecule has 0 spiro atoms. The highest BCUT2D eigenvalue weighted by Gasteiger charge is 2.30. The minimum atomic E-state index is -3.19. The number of sulfone groups is 1. The number of nitrogens with one attached hydrogen (secondary N) is 2. The molecule has 1 rings (SSSR count). The van der Waals surface area contributed by atoms with Crippen LogP contribution < -0.4 is 10.9 Å². The predicted octanol–water partition coefficient (Wildman–Crippen LogP) is 0.768. The second-order valence-corrected chi connectivity index (χ2v) is 7.72. The zero-order chi connectivity index (χ0) is 13.3. The zero-order valence-corrected chi connectivity index (χ0v) is 12.1. The van der Waals surface area contributed by atoms with Crippen LogP contribution in [0.4, 0.5) is 5.82 Å². The van der Waals surface area contributed by atoms with Crippen LogP contribution in [-0.2, 0) is 9.84 Å². The minimum Gasteiger partial charge on any atom is -0.367 e. The van der Waals surface area contributed by atoms with Crippen molar-refractivity contribution in [3.8, 4) is 0 Å². The molecule has 0 bridgehead atoms. The highest BCUT2D eigenvalue weighted by Crippen LogP contribution is 2.18. The molecule has 0 fully saturated rings. The van der Waals surface area contributed by atoms with Gasteiger partial charge in [-0.3, -0.25) is 4.79 Å². The second kappa shape index (κ2) is 4.77. The van der Waals surface area contributed by atoms with E-state index in [-0.39, 0.29) is 16.6 Å². The van der Waals surface area contributed by atoms with Crippen molar-refractivity contribution in [3.63, 3.8) is 0 Å². The number of hydrogen-bond donors (Lipinski definition) is 2. The molecule has 1 aromatic rings. The van der Waals surface area contributed by atoms with Crippen molar-refractivity contribution in [1.29, 1.82) is 0 Å². The van der Waals surface area contributed by atoms with Gasteiger partial charge in [0.15, 0.2) is 9.84 Å². The molecule has 0 amide bonds. The summed E-state index contributed by atoms with van der Waals surface area (Å²) in [5.74, 6) is 0.325. The molecule has 1 aromatic heterocycles. The fourth-order valence-electron chi connectivity index (χ4n) is 0.934. The van der Waals surface area contributed by atoms with Crippen LogP contribution in [0.25, 0.3) is 0 Å². The molecular weight excluding hydrogens is 310 g/mol. The lowest BCUT2D eigenvalue weighted by Crippen LogP contribution is -2.38. The quantitative estimate of drug-likeness (QED) is 0.853. The molecule has 0 aromatic carbocycles. The van der Waals surface area contributed by atoms with Gasteiger partial charge in [0.2, 0.25) is 0 Å². The smallest absolute Gasteiger partial charge is 0.267 e. The summed E-state index contributed by atoms with van der Waals surface area (Å²) in [6.45, 7) is 3.38. The second-order valence-electron chi connectivity index (χ2n) is 4.28. The maximum Gasteiger partial charge on any atom is 0.267 e. The normalized spacial score (nSPS) is 12.5. The Kier molecular flexibility index (Phi) is 3.98. The largest absolute Gasteiger partial charge is 0.367 e. The lowest BCUT2D eigenvalue weighted by molar-refractivity contribution is 0.559. The molecule has 1 heterocycles. The summed E-state index contributed by atoms with van der Waals surface area (Å²) in [5.41, 5.74) is -0.320. The maximum atomic E-state index is 11.5.